The van der Waals surface area contributed by atoms with E-state index in [0.29, 0.717) is 30.6 Å². The van der Waals surface area contributed by atoms with Crippen molar-refractivity contribution in [2.45, 2.75) is 31.4 Å². The van der Waals surface area contributed by atoms with Crippen LogP contribution in [0.1, 0.15) is 12.8 Å². The van der Waals surface area contributed by atoms with Crippen LogP contribution in [-0.2, 0) is 4.84 Å². The molecule has 1 heterocycles. The number of para-hydroxylation sites is 1. The fourth-order valence-corrected chi connectivity index (χ4v) is 3.29. The summed E-state index contributed by atoms with van der Waals surface area (Å²) in [4.78, 5) is 5.39. The molecule has 2 aromatic rings. The average Bonchev–Trinajstić information content (AvgIpc) is 2.61. The van der Waals surface area contributed by atoms with E-state index in [1.807, 2.05) is 0 Å². The van der Waals surface area contributed by atoms with Gasteiger partial charge in [0.05, 0.1) is 17.3 Å². The van der Waals surface area contributed by atoms with Gasteiger partial charge >= 0.3 is 6.36 Å². The lowest BCUT2D eigenvalue weighted by Crippen LogP contribution is -2.42. The van der Waals surface area contributed by atoms with E-state index < -0.39 is 12.5 Å². The van der Waals surface area contributed by atoms with Crippen molar-refractivity contribution >= 4 is 17.3 Å². The number of halogens is 5. The summed E-state index contributed by atoms with van der Waals surface area (Å²) in [5, 5.41) is 3.39. The third kappa shape index (κ3) is 5.73. The predicted octanol–water partition coefficient (Wildman–Crippen LogP) is 5.34. The Kier molecular flexibility index (Phi) is 6.64. The first-order valence-corrected chi connectivity index (χ1v) is 9.09. The topological polar surface area (TPSA) is 42.5 Å². The molecular weight excluding hydrogens is 400 g/mol. The quantitative estimate of drug-likeness (QED) is 0.491. The molecular formula is C19H19ClF4N2O2. The van der Waals surface area contributed by atoms with Gasteiger partial charge in [0.1, 0.15) is 11.9 Å². The van der Waals surface area contributed by atoms with E-state index in [2.05, 4.69) is 15.5 Å². The number of alkyl halides is 4. The summed E-state index contributed by atoms with van der Waals surface area (Å²) in [7, 11) is 0. The molecule has 0 saturated carbocycles. The highest BCUT2D eigenvalue weighted by atomic mass is 35.5. The third-order valence-electron chi connectivity index (χ3n) is 4.28. The summed E-state index contributed by atoms with van der Waals surface area (Å²) >= 11 is 6.26. The van der Waals surface area contributed by atoms with E-state index in [1.54, 1.807) is 18.2 Å². The smallest absolute Gasteiger partial charge is 0.405 e. The van der Waals surface area contributed by atoms with Crippen molar-refractivity contribution in [2.24, 2.45) is 0 Å². The van der Waals surface area contributed by atoms with Crippen LogP contribution in [0.15, 0.2) is 42.5 Å². The number of hydrogen-bond acceptors (Lipinski definition) is 4. The Morgan fingerprint density at radius 3 is 2.64 bits per heavy atom. The first kappa shape index (κ1) is 20.7. The highest BCUT2D eigenvalue weighted by Crippen LogP contribution is 2.38. The maximum Gasteiger partial charge on any atom is 0.573 e. The molecule has 152 valence electrons. The van der Waals surface area contributed by atoms with Gasteiger partial charge in [-0.25, -0.2) is 4.39 Å². The van der Waals surface area contributed by atoms with Crippen molar-refractivity contribution in [1.82, 2.24) is 5.32 Å². The van der Waals surface area contributed by atoms with E-state index in [9.17, 15) is 17.6 Å². The van der Waals surface area contributed by atoms with Gasteiger partial charge in [-0.2, -0.15) is 0 Å². The zero-order valence-electron chi connectivity index (χ0n) is 14.7. The zero-order chi connectivity index (χ0) is 20.1. The van der Waals surface area contributed by atoms with Gasteiger partial charge < -0.3 is 10.1 Å². The van der Waals surface area contributed by atoms with Crippen molar-refractivity contribution in [2.75, 3.05) is 18.6 Å². The van der Waals surface area contributed by atoms with Gasteiger partial charge in [-0.05, 0) is 37.6 Å². The molecule has 0 bridgehead atoms. The molecule has 0 amide bonds. The van der Waals surface area contributed by atoms with Crippen LogP contribution in [0.25, 0.3) is 11.1 Å². The van der Waals surface area contributed by atoms with Crippen LogP contribution in [0.5, 0.6) is 5.75 Å². The van der Waals surface area contributed by atoms with Gasteiger partial charge in [-0.15, -0.1) is 13.2 Å². The van der Waals surface area contributed by atoms with Gasteiger partial charge in [-0.3, -0.25) is 10.3 Å². The lowest BCUT2D eigenvalue weighted by atomic mass is 10.0. The van der Waals surface area contributed by atoms with E-state index in [4.69, 9.17) is 16.4 Å². The van der Waals surface area contributed by atoms with Crippen LogP contribution in [0.3, 0.4) is 0 Å². The molecule has 4 nitrogen and oxygen atoms in total. The second-order valence-electron chi connectivity index (χ2n) is 6.42. The fourth-order valence-electron chi connectivity index (χ4n) is 3.01. The molecule has 2 aromatic carbocycles. The SMILES string of the molecule is FC1CCN[C@@H](CONc2ccc(-c3ccccc3OC(F)(F)F)c(Cl)c2)C1. The highest BCUT2D eigenvalue weighted by Gasteiger charge is 2.32. The molecule has 0 aliphatic carbocycles. The minimum atomic E-state index is -4.80. The van der Waals surface area contributed by atoms with Crippen LogP contribution in [0, 0.1) is 0 Å². The normalized spacial score (nSPS) is 20.0. The summed E-state index contributed by atoms with van der Waals surface area (Å²) in [6, 6.07) is 10.4. The first-order valence-electron chi connectivity index (χ1n) is 8.72. The van der Waals surface area contributed by atoms with Crippen molar-refractivity contribution < 1.29 is 27.1 Å². The lowest BCUT2D eigenvalue weighted by Gasteiger charge is -2.25. The second-order valence-corrected chi connectivity index (χ2v) is 6.83. The van der Waals surface area contributed by atoms with Gasteiger partial charge in [-0.1, -0.05) is 35.9 Å². The third-order valence-corrected chi connectivity index (χ3v) is 4.59. The van der Waals surface area contributed by atoms with Crippen molar-refractivity contribution in [3.63, 3.8) is 0 Å². The monoisotopic (exact) mass is 418 g/mol. The minimum absolute atomic E-state index is 0.0858. The average molecular weight is 419 g/mol. The van der Waals surface area contributed by atoms with Crippen molar-refractivity contribution in [3.05, 3.63) is 47.5 Å². The van der Waals surface area contributed by atoms with E-state index in [-0.39, 0.29) is 29.0 Å². The molecule has 1 fully saturated rings. The Hall–Kier alpha value is -2.03. The minimum Gasteiger partial charge on any atom is -0.405 e. The molecule has 0 radical (unpaired) electrons. The highest BCUT2D eigenvalue weighted by molar-refractivity contribution is 6.33. The number of nitrogens with one attached hydrogen (secondary N) is 2. The number of benzene rings is 2. The summed E-state index contributed by atoms with van der Waals surface area (Å²) in [6.45, 7) is 0.872. The van der Waals surface area contributed by atoms with E-state index >= 15 is 0 Å². The lowest BCUT2D eigenvalue weighted by molar-refractivity contribution is -0.274. The molecule has 0 aromatic heterocycles. The Balaban J connectivity index is 1.66. The molecule has 9 heteroatoms. The van der Waals surface area contributed by atoms with Gasteiger partial charge in [0.25, 0.3) is 0 Å². The molecule has 2 N–H and O–H groups in total. The Morgan fingerprint density at radius 2 is 1.93 bits per heavy atom. The molecule has 3 rings (SSSR count). The molecule has 1 saturated heterocycles. The van der Waals surface area contributed by atoms with Gasteiger partial charge in [0.2, 0.25) is 0 Å². The Bertz CT molecular complexity index is 804. The van der Waals surface area contributed by atoms with Gasteiger partial charge in [0.15, 0.2) is 0 Å². The number of rotatable bonds is 6. The molecule has 28 heavy (non-hydrogen) atoms. The number of piperidine rings is 1. The zero-order valence-corrected chi connectivity index (χ0v) is 15.5. The van der Waals surface area contributed by atoms with E-state index in [1.165, 1.54) is 24.3 Å². The Labute approximate surface area is 164 Å². The number of hydrogen-bond donors (Lipinski definition) is 2. The molecule has 1 aliphatic heterocycles. The standard InChI is InChI=1S/C19H19ClF4N2O2/c20-17-10-13(26-27-11-14-9-12(21)7-8-25-14)5-6-15(17)16-3-1-2-4-18(16)28-19(22,23)24/h1-6,10,12,14,25-26H,7-9,11H2/t12?,14-/m1/s1. The van der Waals surface area contributed by atoms with Crippen LogP contribution < -0.4 is 15.5 Å². The summed E-state index contributed by atoms with van der Waals surface area (Å²) in [5.41, 5.74) is 3.85. The summed E-state index contributed by atoms with van der Waals surface area (Å²) < 4.78 is 55.3. The maximum atomic E-state index is 13.4. The number of anilines is 1. The van der Waals surface area contributed by atoms with Crippen LogP contribution in [-0.4, -0.2) is 31.7 Å². The predicted molar refractivity (Wildman–Crippen MR) is 99.1 cm³/mol. The molecule has 1 unspecified atom stereocenters. The van der Waals surface area contributed by atoms with Crippen molar-refractivity contribution in [1.29, 1.82) is 0 Å². The maximum absolute atomic E-state index is 13.4. The molecule has 1 aliphatic rings. The summed E-state index contributed by atoms with van der Waals surface area (Å²) in [6.07, 6.45) is -4.75. The number of ether oxygens (including phenoxy) is 1. The first-order chi connectivity index (χ1) is 13.3. The van der Waals surface area contributed by atoms with Crippen LogP contribution >= 0.6 is 11.6 Å². The largest absolute Gasteiger partial charge is 0.573 e. The van der Waals surface area contributed by atoms with Crippen LogP contribution in [0.4, 0.5) is 23.2 Å². The Morgan fingerprint density at radius 1 is 1.14 bits per heavy atom. The fraction of sp³-hybridized carbons (Fsp3) is 0.368. The van der Waals surface area contributed by atoms with Gasteiger partial charge in [0, 0.05) is 17.2 Å². The summed E-state index contributed by atoms with van der Waals surface area (Å²) in [5.74, 6) is -0.335. The van der Waals surface area contributed by atoms with Crippen molar-refractivity contribution in [3.8, 4) is 16.9 Å². The molecule has 0 spiro atoms. The van der Waals surface area contributed by atoms with Crippen LogP contribution in [0.2, 0.25) is 5.02 Å². The van der Waals surface area contributed by atoms with E-state index in [0.717, 1.165) is 0 Å². The molecule has 2 atom stereocenters. The second kappa shape index (κ2) is 8.98.